The van der Waals surface area contributed by atoms with Crippen molar-refractivity contribution in [2.45, 2.75) is 45.6 Å². The predicted octanol–water partition coefficient (Wildman–Crippen LogP) is 4.28. The molecule has 102 valence electrons. The summed E-state index contributed by atoms with van der Waals surface area (Å²) < 4.78 is 5.63. The molecule has 0 unspecified atom stereocenters. The number of unbranched alkanes of at least 4 members (excludes halogenated alkanes) is 2. The summed E-state index contributed by atoms with van der Waals surface area (Å²) in [6.07, 6.45) is 3.48. The first kappa shape index (κ1) is 15.3. The van der Waals surface area contributed by atoms with Gasteiger partial charge in [-0.15, -0.1) is 0 Å². The summed E-state index contributed by atoms with van der Waals surface area (Å²) in [6, 6.07) is 7.52. The summed E-state index contributed by atoms with van der Waals surface area (Å²) in [5, 5.41) is 4.23. The van der Waals surface area contributed by atoms with E-state index in [1.807, 2.05) is 24.3 Å². The van der Waals surface area contributed by atoms with Gasteiger partial charge in [0.1, 0.15) is 5.75 Å². The average Bonchev–Trinajstić information content (AvgIpc) is 2.29. The fourth-order valence-electron chi connectivity index (χ4n) is 1.59. The summed E-state index contributed by atoms with van der Waals surface area (Å²) in [7, 11) is 0. The molecule has 2 nitrogen and oxygen atoms in total. The van der Waals surface area contributed by atoms with Crippen LogP contribution in [-0.4, -0.2) is 18.7 Å². The smallest absolute Gasteiger partial charge is 0.119 e. The van der Waals surface area contributed by atoms with Gasteiger partial charge in [0, 0.05) is 10.6 Å². The molecular formula is C15H24ClNO. The lowest BCUT2D eigenvalue weighted by molar-refractivity contribution is 0.303. The van der Waals surface area contributed by atoms with Crippen molar-refractivity contribution in [2.75, 3.05) is 13.2 Å². The topological polar surface area (TPSA) is 21.3 Å². The number of benzene rings is 1. The van der Waals surface area contributed by atoms with E-state index < -0.39 is 0 Å². The van der Waals surface area contributed by atoms with Gasteiger partial charge >= 0.3 is 0 Å². The highest BCUT2D eigenvalue weighted by atomic mass is 35.5. The predicted molar refractivity (Wildman–Crippen MR) is 78.6 cm³/mol. The van der Waals surface area contributed by atoms with Crippen LogP contribution in [0.25, 0.3) is 0 Å². The monoisotopic (exact) mass is 269 g/mol. The minimum atomic E-state index is 0.222. The van der Waals surface area contributed by atoms with Gasteiger partial charge < -0.3 is 10.1 Å². The van der Waals surface area contributed by atoms with E-state index >= 15 is 0 Å². The second kappa shape index (κ2) is 7.65. The standard InChI is InChI=1S/C15H24ClNO/c1-15(2,3)17-11-5-4-6-12-18-14-9-7-13(16)8-10-14/h7-10,17H,4-6,11-12H2,1-3H3. The van der Waals surface area contributed by atoms with Crippen LogP contribution in [0.4, 0.5) is 0 Å². The highest BCUT2D eigenvalue weighted by Crippen LogP contribution is 2.15. The first-order valence-corrected chi connectivity index (χ1v) is 6.98. The number of rotatable bonds is 7. The van der Waals surface area contributed by atoms with Crippen LogP contribution in [0.2, 0.25) is 5.02 Å². The van der Waals surface area contributed by atoms with E-state index in [9.17, 15) is 0 Å². The molecule has 0 radical (unpaired) electrons. The van der Waals surface area contributed by atoms with E-state index in [4.69, 9.17) is 16.3 Å². The largest absolute Gasteiger partial charge is 0.494 e. The third kappa shape index (κ3) is 7.57. The van der Waals surface area contributed by atoms with Crippen LogP contribution < -0.4 is 10.1 Å². The van der Waals surface area contributed by atoms with Crippen LogP contribution in [-0.2, 0) is 0 Å². The molecule has 0 aromatic heterocycles. The lowest BCUT2D eigenvalue weighted by Gasteiger charge is -2.20. The number of hydrogen-bond acceptors (Lipinski definition) is 2. The minimum Gasteiger partial charge on any atom is -0.494 e. The normalized spacial score (nSPS) is 11.6. The van der Waals surface area contributed by atoms with Gasteiger partial charge in [0.05, 0.1) is 6.61 Å². The fourth-order valence-corrected chi connectivity index (χ4v) is 1.71. The van der Waals surface area contributed by atoms with Crippen LogP contribution >= 0.6 is 11.6 Å². The first-order valence-electron chi connectivity index (χ1n) is 6.61. The van der Waals surface area contributed by atoms with Gasteiger partial charge in [0.25, 0.3) is 0 Å². The van der Waals surface area contributed by atoms with Gasteiger partial charge in [-0.05, 0) is 70.8 Å². The van der Waals surface area contributed by atoms with Crippen molar-refractivity contribution >= 4 is 11.6 Å². The lowest BCUT2D eigenvalue weighted by Crippen LogP contribution is -2.36. The highest BCUT2D eigenvalue weighted by Gasteiger charge is 2.06. The molecule has 18 heavy (non-hydrogen) atoms. The molecule has 3 heteroatoms. The van der Waals surface area contributed by atoms with Gasteiger partial charge in [-0.25, -0.2) is 0 Å². The summed E-state index contributed by atoms with van der Waals surface area (Å²) in [4.78, 5) is 0. The summed E-state index contributed by atoms with van der Waals surface area (Å²) in [5.74, 6) is 0.896. The van der Waals surface area contributed by atoms with Gasteiger partial charge in [-0.1, -0.05) is 11.6 Å². The number of nitrogens with one attached hydrogen (secondary N) is 1. The van der Waals surface area contributed by atoms with Crippen molar-refractivity contribution in [2.24, 2.45) is 0 Å². The number of ether oxygens (including phenoxy) is 1. The van der Waals surface area contributed by atoms with E-state index in [0.717, 1.165) is 30.3 Å². The second-order valence-corrected chi connectivity index (χ2v) is 5.98. The molecule has 1 aromatic carbocycles. The third-order valence-corrected chi connectivity index (χ3v) is 2.81. The van der Waals surface area contributed by atoms with Crippen molar-refractivity contribution in [3.05, 3.63) is 29.3 Å². The van der Waals surface area contributed by atoms with Crippen LogP contribution in [0.1, 0.15) is 40.0 Å². The number of halogens is 1. The number of hydrogen-bond donors (Lipinski definition) is 1. The third-order valence-electron chi connectivity index (χ3n) is 2.56. The zero-order valence-electron chi connectivity index (χ0n) is 11.6. The van der Waals surface area contributed by atoms with E-state index in [0.29, 0.717) is 0 Å². The average molecular weight is 270 g/mol. The summed E-state index contributed by atoms with van der Waals surface area (Å²) >= 11 is 5.80. The van der Waals surface area contributed by atoms with Gasteiger partial charge in [0.15, 0.2) is 0 Å². The Kier molecular flexibility index (Phi) is 6.51. The van der Waals surface area contributed by atoms with Crippen molar-refractivity contribution in [1.82, 2.24) is 5.32 Å². The Morgan fingerprint density at radius 3 is 2.33 bits per heavy atom. The van der Waals surface area contributed by atoms with E-state index in [2.05, 4.69) is 26.1 Å². The SMILES string of the molecule is CC(C)(C)NCCCCCOc1ccc(Cl)cc1. The van der Waals surface area contributed by atoms with Gasteiger partial charge in [-0.3, -0.25) is 0 Å². The Morgan fingerprint density at radius 2 is 1.72 bits per heavy atom. The fraction of sp³-hybridized carbons (Fsp3) is 0.600. The molecule has 1 N–H and O–H groups in total. The quantitative estimate of drug-likeness (QED) is 0.746. The zero-order valence-corrected chi connectivity index (χ0v) is 12.4. The highest BCUT2D eigenvalue weighted by molar-refractivity contribution is 6.30. The Balaban J connectivity index is 2.00. The Morgan fingerprint density at radius 1 is 1.06 bits per heavy atom. The Labute approximate surface area is 116 Å². The molecule has 0 spiro atoms. The molecule has 1 rings (SSSR count). The molecule has 0 saturated carbocycles. The van der Waals surface area contributed by atoms with Gasteiger partial charge in [-0.2, -0.15) is 0 Å². The maximum atomic E-state index is 5.80. The van der Waals surface area contributed by atoms with E-state index in [-0.39, 0.29) is 5.54 Å². The molecule has 0 atom stereocenters. The molecule has 0 aliphatic rings. The molecule has 0 bridgehead atoms. The van der Waals surface area contributed by atoms with Crippen molar-refractivity contribution in [3.8, 4) is 5.75 Å². The van der Waals surface area contributed by atoms with Crippen molar-refractivity contribution in [1.29, 1.82) is 0 Å². The zero-order chi connectivity index (χ0) is 13.4. The Bertz CT molecular complexity index is 329. The van der Waals surface area contributed by atoms with E-state index in [1.54, 1.807) is 0 Å². The lowest BCUT2D eigenvalue weighted by atomic mass is 10.1. The van der Waals surface area contributed by atoms with E-state index in [1.165, 1.54) is 12.8 Å². The van der Waals surface area contributed by atoms with Crippen LogP contribution in [0.15, 0.2) is 24.3 Å². The molecule has 0 saturated heterocycles. The molecule has 0 aliphatic heterocycles. The maximum Gasteiger partial charge on any atom is 0.119 e. The molecular weight excluding hydrogens is 246 g/mol. The molecule has 0 amide bonds. The van der Waals surface area contributed by atoms with Crippen molar-refractivity contribution < 1.29 is 4.74 Å². The molecule has 0 heterocycles. The van der Waals surface area contributed by atoms with Crippen LogP contribution in [0.5, 0.6) is 5.75 Å². The molecule has 1 aromatic rings. The minimum absolute atomic E-state index is 0.222. The summed E-state index contributed by atoms with van der Waals surface area (Å²) in [5.41, 5.74) is 0.222. The molecule has 0 aliphatic carbocycles. The Hall–Kier alpha value is -0.730. The summed E-state index contributed by atoms with van der Waals surface area (Å²) in [6.45, 7) is 8.42. The first-order chi connectivity index (χ1) is 8.47. The van der Waals surface area contributed by atoms with Crippen molar-refractivity contribution in [3.63, 3.8) is 0 Å². The van der Waals surface area contributed by atoms with Gasteiger partial charge in [0.2, 0.25) is 0 Å². The maximum absolute atomic E-state index is 5.80. The van der Waals surface area contributed by atoms with Crippen LogP contribution in [0, 0.1) is 0 Å². The second-order valence-electron chi connectivity index (χ2n) is 5.54. The molecule has 0 fully saturated rings. The van der Waals surface area contributed by atoms with Crippen LogP contribution in [0.3, 0.4) is 0 Å².